The van der Waals surface area contributed by atoms with Crippen molar-refractivity contribution in [3.63, 3.8) is 0 Å². The topological polar surface area (TPSA) is 118 Å². The molecule has 15 heavy (non-hydrogen) atoms. The summed E-state index contributed by atoms with van der Waals surface area (Å²) in [6, 6.07) is 3.03. The molecule has 0 atom stereocenters. The van der Waals surface area contributed by atoms with Gasteiger partial charge in [0, 0.05) is 12.2 Å². The van der Waals surface area contributed by atoms with E-state index in [-0.39, 0.29) is 17.4 Å². The SMILES string of the molecule is COC(=O)c1cc(OC)cc(N)c1N.[N]. The summed E-state index contributed by atoms with van der Waals surface area (Å²) >= 11 is 0. The molecule has 1 rings (SSSR count). The van der Waals surface area contributed by atoms with E-state index in [4.69, 9.17) is 16.2 Å². The summed E-state index contributed by atoms with van der Waals surface area (Å²) in [5.41, 5.74) is 11.9. The molecule has 0 bridgehead atoms. The third-order valence-corrected chi connectivity index (χ3v) is 1.83. The molecule has 81 valence electrons. The number of hydrogen-bond acceptors (Lipinski definition) is 5. The van der Waals surface area contributed by atoms with E-state index in [1.165, 1.54) is 20.3 Å². The smallest absolute Gasteiger partial charge is 0.340 e. The first kappa shape index (κ1) is 13.1. The van der Waals surface area contributed by atoms with Crippen LogP contribution in [0.15, 0.2) is 12.1 Å². The van der Waals surface area contributed by atoms with Crippen LogP contribution in [0.25, 0.3) is 0 Å². The van der Waals surface area contributed by atoms with Crippen LogP contribution in [0.4, 0.5) is 11.4 Å². The van der Waals surface area contributed by atoms with Gasteiger partial charge in [0.05, 0.1) is 31.2 Å². The summed E-state index contributed by atoms with van der Waals surface area (Å²) in [5, 5.41) is 0. The quantitative estimate of drug-likeness (QED) is 0.532. The molecule has 0 aliphatic carbocycles. The number of benzene rings is 1. The minimum Gasteiger partial charge on any atom is -0.497 e. The van der Waals surface area contributed by atoms with E-state index in [9.17, 15) is 4.79 Å². The van der Waals surface area contributed by atoms with Crippen LogP contribution >= 0.6 is 0 Å². The van der Waals surface area contributed by atoms with Crippen molar-refractivity contribution >= 4 is 17.3 Å². The molecule has 0 saturated carbocycles. The molecule has 6 nitrogen and oxygen atoms in total. The molecule has 1 aromatic rings. The highest BCUT2D eigenvalue weighted by Crippen LogP contribution is 2.27. The number of methoxy groups -OCH3 is 2. The van der Waals surface area contributed by atoms with Crippen molar-refractivity contribution < 1.29 is 14.3 Å². The fourth-order valence-corrected chi connectivity index (χ4v) is 1.04. The van der Waals surface area contributed by atoms with E-state index >= 15 is 0 Å². The standard InChI is InChI=1S/C9H12N2O3.N/c1-13-5-3-6(9(12)14-2)8(11)7(10)4-5;/h3-4H,10-11H2,1-2H3;. The van der Waals surface area contributed by atoms with Crippen molar-refractivity contribution in [2.75, 3.05) is 25.7 Å². The van der Waals surface area contributed by atoms with E-state index in [1.807, 2.05) is 0 Å². The third kappa shape index (κ3) is 2.50. The normalized spacial score (nSPS) is 8.93. The number of nitrogen functional groups attached to an aromatic ring is 2. The second kappa shape index (κ2) is 5.06. The Labute approximate surface area is 87.7 Å². The Morgan fingerprint density at radius 2 is 1.87 bits per heavy atom. The zero-order valence-electron chi connectivity index (χ0n) is 8.48. The van der Waals surface area contributed by atoms with Crippen LogP contribution in [0.2, 0.25) is 0 Å². The Morgan fingerprint density at radius 1 is 1.27 bits per heavy atom. The number of rotatable bonds is 2. The number of anilines is 2. The van der Waals surface area contributed by atoms with Crippen LogP contribution in [-0.4, -0.2) is 20.2 Å². The van der Waals surface area contributed by atoms with Gasteiger partial charge in [-0.1, -0.05) is 0 Å². The first-order chi connectivity index (χ1) is 6.60. The Balaban J connectivity index is 0.00000196. The van der Waals surface area contributed by atoms with Gasteiger partial charge in [-0.25, -0.2) is 4.79 Å². The van der Waals surface area contributed by atoms with Gasteiger partial charge < -0.3 is 20.9 Å². The van der Waals surface area contributed by atoms with Gasteiger partial charge in [-0.15, -0.1) is 0 Å². The fourth-order valence-electron chi connectivity index (χ4n) is 1.04. The summed E-state index contributed by atoms with van der Waals surface area (Å²) in [6.07, 6.45) is 0. The third-order valence-electron chi connectivity index (χ3n) is 1.83. The number of carbonyl (C=O) groups is 1. The van der Waals surface area contributed by atoms with E-state index in [1.54, 1.807) is 6.07 Å². The van der Waals surface area contributed by atoms with Crippen LogP contribution in [0.5, 0.6) is 5.75 Å². The Morgan fingerprint density at radius 3 is 2.33 bits per heavy atom. The molecule has 0 fully saturated rings. The summed E-state index contributed by atoms with van der Waals surface area (Å²) in [6.45, 7) is 0. The van der Waals surface area contributed by atoms with Gasteiger partial charge in [-0.2, -0.15) is 0 Å². The van der Waals surface area contributed by atoms with Crippen molar-refractivity contribution in [3.8, 4) is 5.75 Å². The number of carbonyl (C=O) groups excluding carboxylic acids is 1. The number of esters is 1. The minimum atomic E-state index is -0.534. The highest BCUT2D eigenvalue weighted by Gasteiger charge is 2.13. The molecular weight excluding hydrogens is 198 g/mol. The fraction of sp³-hybridized carbons (Fsp3) is 0.222. The monoisotopic (exact) mass is 210 g/mol. The van der Waals surface area contributed by atoms with Crippen molar-refractivity contribution in [2.45, 2.75) is 0 Å². The van der Waals surface area contributed by atoms with Crippen LogP contribution in [-0.2, 0) is 4.74 Å². The number of ether oxygens (including phenoxy) is 2. The molecule has 0 spiro atoms. The number of hydrogen-bond donors (Lipinski definition) is 2. The van der Waals surface area contributed by atoms with E-state index < -0.39 is 5.97 Å². The first-order valence-corrected chi connectivity index (χ1v) is 3.91. The van der Waals surface area contributed by atoms with Gasteiger partial charge in [0.2, 0.25) is 0 Å². The molecular formula is C9H12N3O3. The lowest BCUT2D eigenvalue weighted by Gasteiger charge is -2.08. The average Bonchev–Trinajstić information content (AvgIpc) is 2.20. The number of nitrogens with zero attached hydrogens (tertiary/aromatic N) is 1. The molecule has 0 heterocycles. The molecule has 0 aromatic heterocycles. The molecule has 6 heteroatoms. The van der Waals surface area contributed by atoms with Gasteiger partial charge >= 0.3 is 5.97 Å². The molecule has 0 unspecified atom stereocenters. The van der Waals surface area contributed by atoms with Gasteiger partial charge in [-0.05, 0) is 6.07 Å². The maximum absolute atomic E-state index is 11.2. The van der Waals surface area contributed by atoms with Crippen LogP contribution in [0.1, 0.15) is 10.4 Å². The van der Waals surface area contributed by atoms with E-state index in [0.29, 0.717) is 11.4 Å². The Kier molecular flexibility index (Phi) is 4.40. The van der Waals surface area contributed by atoms with Crippen molar-refractivity contribution in [1.82, 2.24) is 6.15 Å². The second-order valence-electron chi connectivity index (χ2n) is 2.67. The molecule has 0 saturated heterocycles. The minimum absolute atomic E-state index is 0. The molecule has 3 radical (unpaired) electrons. The molecule has 0 aliphatic rings. The Bertz CT molecular complexity index is 366. The lowest BCUT2D eigenvalue weighted by atomic mass is 10.1. The molecule has 0 aliphatic heterocycles. The first-order valence-electron chi connectivity index (χ1n) is 3.91. The molecule has 1 aromatic carbocycles. The van der Waals surface area contributed by atoms with Gasteiger partial charge in [0.25, 0.3) is 0 Å². The summed E-state index contributed by atoms with van der Waals surface area (Å²) < 4.78 is 9.48. The van der Waals surface area contributed by atoms with Crippen molar-refractivity contribution in [2.24, 2.45) is 0 Å². The second-order valence-corrected chi connectivity index (χ2v) is 2.67. The molecule has 0 amide bonds. The average molecular weight is 210 g/mol. The maximum Gasteiger partial charge on any atom is 0.340 e. The van der Waals surface area contributed by atoms with Gasteiger partial charge in [0.1, 0.15) is 5.75 Å². The van der Waals surface area contributed by atoms with E-state index in [2.05, 4.69) is 4.74 Å². The predicted molar refractivity (Wildman–Crippen MR) is 55.3 cm³/mol. The van der Waals surface area contributed by atoms with Crippen LogP contribution in [0, 0.1) is 0 Å². The van der Waals surface area contributed by atoms with Crippen LogP contribution in [0.3, 0.4) is 0 Å². The van der Waals surface area contributed by atoms with Crippen molar-refractivity contribution in [3.05, 3.63) is 17.7 Å². The van der Waals surface area contributed by atoms with Crippen molar-refractivity contribution in [1.29, 1.82) is 0 Å². The largest absolute Gasteiger partial charge is 0.497 e. The molecule has 4 N–H and O–H groups in total. The zero-order valence-corrected chi connectivity index (χ0v) is 8.48. The maximum atomic E-state index is 11.2. The highest BCUT2D eigenvalue weighted by molar-refractivity contribution is 5.98. The van der Waals surface area contributed by atoms with Crippen LogP contribution < -0.4 is 22.4 Å². The zero-order chi connectivity index (χ0) is 10.7. The Hall–Kier alpha value is -1.95. The lowest BCUT2D eigenvalue weighted by Crippen LogP contribution is -2.08. The van der Waals surface area contributed by atoms with E-state index in [0.717, 1.165) is 0 Å². The van der Waals surface area contributed by atoms with Gasteiger partial charge in [-0.3, -0.25) is 0 Å². The summed E-state index contributed by atoms with van der Waals surface area (Å²) in [7, 11) is 2.75. The lowest BCUT2D eigenvalue weighted by molar-refractivity contribution is 0.0601. The summed E-state index contributed by atoms with van der Waals surface area (Å²) in [5.74, 6) is -0.0646. The van der Waals surface area contributed by atoms with Gasteiger partial charge in [0.15, 0.2) is 0 Å². The predicted octanol–water partition coefficient (Wildman–Crippen LogP) is 0.166. The highest BCUT2D eigenvalue weighted by atomic mass is 16.5. The number of nitrogens with two attached hydrogens (primary N) is 2. The summed E-state index contributed by atoms with van der Waals surface area (Å²) in [4.78, 5) is 11.2.